The third-order valence-corrected chi connectivity index (χ3v) is 5.42. The van der Waals surface area contributed by atoms with Gasteiger partial charge in [0, 0.05) is 6.04 Å². The lowest BCUT2D eigenvalue weighted by Gasteiger charge is -2.26. The fourth-order valence-corrected chi connectivity index (χ4v) is 4.36. The predicted molar refractivity (Wildman–Crippen MR) is 66.4 cm³/mol. The maximum absolute atomic E-state index is 12.5. The highest BCUT2D eigenvalue weighted by molar-refractivity contribution is 7.89. The van der Waals surface area contributed by atoms with Gasteiger partial charge in [-0.1, -0.05) is 0 Å². The van der Waals surface area contributed by atoms with Crippen LogP contribution in [0.4, 0.5) is 13.2 Å². The van der Waals surface area contributed by atoms with Crippen molar-refractivity contribution in [3.05, 3.63) is 16.3 Å². The molecule has 1 heterocycles. The van der Waals surface area contributed by atoms with Crippen LogP contribution in [0.15, 0.2) is 16.3 Å². The Kier molecular flexibility index (Phi) is 4.82. The molecule has 0 aliphatic carbocycles. The van der Waals surface area contributed by atoms with Crippen molar-refractivity contribution in [1.82, 2.24) is 4.31 Å². The number of hydrogen-bond acceptors (Lipinski definition) is 4. The van der Waals surface area contributed by atoms with E-state index in [1.165, 1.54) is 19.2 Å². The fraction of sp³-hybridized carbons (Fsp3) is 0.500. The van der Waals surface area contributed by atoms with Crippen molar-refractivity contribution in [1.29, 1.82) is 0 Å². The largest absolute Gasteiger partial charge is 0.477 e. The summed E-state index contributed by atoms with van der Waals surface area (Å²) in [7, 11) is -4.52. The van der Waals surface area contributed by atoms with E-state index in [0.717, 1.165) is 6.07 Å². The molecular formula is C10H12F3NO4S2. The summed E-state index contributed by atoms with van der Waals surface area (Å²) in [4.78, 5) is 9.79. The number of rotatable bonds is 5. The van der Waals surface area contributed by atoms with Crippen LogP contribution in [0.25, 0.3) is 0 Å². The first-order chi connectivity index (χ1) is 8.97. The van der Waals surface area contributed by atoms with Crippen molar-refractivity contribution in [3.8, 4) is 0 Å². The molecule has 5 nitrogen and oxygen atoms in total. The Balaban J connectivity index is 3.31. The summed E-state index contributed by atoms with van der Waals surface area (Å²) in [6.07, 6.45) is -4.71. The van der Waals surface area contributed by atoms with Crippen LogP contribution in [0.1, 0.15) is 23.5 Å². The molecule has 0 saturated heterocycles. The zero-order valence-corrected chi connectivity index (χ0v) is 12.1. The van der Waals surface area contributed by atoms with E-state index in [9.17, 15) is 26.4 Å². The summed E-state index contributed by atoms with van der Waals surface area (Å²) in [5.41, 5.74) is 0. The van der Waals surface area contributed by atoms with Gasteiger partial charge < -0.3 is 5.11 Å². The van der Waals surface area contributed by atoms with Crippen LogP contribution < -0.4 is 0 Å². The number of halogens is 3. The molecule has 0 amide bonds. The Morgan fingerprint density at radius 1 is 1.45 bits per heavy atom. The van der Waals surface area contributed by atoms with E-state index >= 15 is 0 Å². The number of thiophene rings is 1. The molecule has 0 unspecified atom stereocenters. The Morgan fingerprint density at radius 2 is 2.00 bits per heavy atom. The highest BCUT2D eigenvalue weighted by Gasteiger charge is 2.40. The van der Waals surface area contributed by atoms with E-state index in [2.05, 4.69) is 0 Å². The molecule has 0 saturated carbocycles. The van der Waals surface area contributed by atoms with Gasteiger partial charge in [-0.25, -0.2) is 13.2 Å². The first-order valence-corrected chi connectivity index (χ1v) is 7.68. The minimum absolute atomic E-state index is 0.238. The molecular weight excluding hydrogens is 319 g/mol. The van der Waals surface area contributed by atoms with Crippen LogP contribution in [0.5, 0.6) is 0 Å². The number of alkyl halides is 3. The Labute approximate surface area is 117 Å². The summed E-state index contributed by atoms with van der Waals surface area (Å²) in [6.45, 7) is 0.911. The van der Waals surface area contributed by atoms with E-state index in [4.69, 9.17) is 5.11 Å². The second-order valence-corrected chi connectivity index (χ2v) is 6.95. The third-order valence-electron chi connectivity index (χ3n) is 2.32. The van der Waals surface area contributed by atoms with Crippen molar-refractivity contribution >= 4 is 27.3 Å². The number of carbonyl (C=O) groups is 1. The van der Waals surface area contributed by atoms with Crippen molar-refractivity contribution in [2.45, 2.75) is 31.0 Å². The second kappa shape index (κ2) is 5.70. The topological polar surface area (TPSA) is 74.7 Å². The molecule has 0 radical (unpaired) electrons. The van der Waals surface area contributed by atoms with Crippen LogP contribution in [0.2, 0.25) is 0 Å². The molecule has 0 spiro atoms. The first kappa shape index (κ1) is 16.9. The zero-order chi connectivity index (χ0) is 15.7. The van der Waals surface area contributed by atoms with Crippen molar-refractivity contribution in [2.24, 2.45) is 0 Å². The molecule has 0 aromatic carbocycles. The summed E-state index contributed by atoms with van der Waals surface area (Å²) >= 11 is 0.645. The molecule has 1 aromatic heterocycles. The van der Waals surface area contributed by atoms with Crippen molar-refractivity contribution < 1.29 is 31.5 Å². The molecule has 0 aliphatic rings. The quantitative estimate of drug-likeness (QED) is 0.899. The van der Waals surface area contributed by atoms with E-state index in [1.54, 1.807) is 0 Å². The maximum atomic E-state index is 12.5. The van der Waals surface area contributed by atoms with Crippen LogP contribution in [-0.2, 0) is 10.0 Å². The van der Waals surface area contributed by atoms with Gasteiger partial charge in [0.05, 0.1) is 0 Å². The van der Waals surface area contributed by atoms with Crippen molar-refractivity contribution in [3.63, 3.8) is 0 Å². The number of aromatic carboxylic acids is 1. The number of carboxylic acid groups (broad SMARTS) is 1. The molecule has 10 heteroatoms. The molecule has 0 aliphatic heterocycles. The highest BCUT2D eigenvalue weighted by Crippen LogP contribution is 2.29. The van der Waals surface area contributed by atoms with Crippen LogP contribution in [-0.4, -0.2) is 42.6 Å². The molecule has 1 rings (SSSR count). The Morgan fingerprint density at radius 3 is 2.40 bits per heavy atom. The molecule has 1 aromatic rings. The fourth-order valence-electron chi connectivity index (χ4n) is 1.50. The maximum Gasteiger partial charge on any atom is 0.402 e. The van der Waals surface area contributed by atoms with Crippen LogP contribution in [0.3, 0.4) is 0 Å². The van der Waals surface area contributed by atoms with Gasteiger partial charge in [0.25, 0.3) is 0 Å². The first-order valence-electron chi connectivity index (χ1n) is 5.36. The minimum atomic E-state index is -4.71. The normalized spacial score (nSPS) is 13.2. The molecule has 1 N–H and O–H groups in total. The number of carboxylic acids is 1. The van der Waals surface area contributed by atoms with E-state index in [-0.39, 0.29) is 4.31 Å². The predicted octanol–water partition coefficient (Wildman–Crippen LogP) is 2.41. The van der Waals surface area contributed by atoms with Gasteiger partial charge >= 0.3 is 12.1 Å². The van der Waals surface area contributed by atoms with Gasteiger partial charge in [-0.2, -0.15) is 17.5 Å². The van der Waals surface area contributed by atoms with Gasteiger partial charge in [-0.05, 0) is 25.3 Å². The van der Waals surface area contributed by atoms with Gasteiger partial charge in [-0.3, -0.25) is 0 Å². The summed E-state index contributed by atoms with van der Waals surface area (Å²) in [5.74, 6) is -1.49. The van der Waals surface area contributed by atoms with E-state index in [1.807, 2.05) is 0 Å². The standard InChI is InChI=1S/C10H12F3NO4S2/c1-6(2)14(5-10(11,12)13)20(17,18)7-3-4-19-8(7)9(15)16/h3-4,6H,5H2,1-2H3,(H,15,16). The van der Waals surface area contributed by atoms with Gasteiger partial charge in [-0.15, -0.1) is 11.3 Å². The SMILES string of the molecule is CC(C)N(CC(F)(F)F)S(=O)(=O)c1ccsc1C(=O)O. The summed E-state index contributed by atoms with van der Waals surface area (Å²) < 4.78 is 62.1. The lowest BCUT2D eigenvalue weighted by molar-refractivity contribution is -0.138. The number of hydrogen-bond donors (Lipinski definition) is 1. The lowest BCUT2D eigenvalue weighted by Crippen LogP contribution is -2.43. The summed E-state index contributed by atoms with van der Waals surface area (Å²) in [5, 5.41) is 10.1. The molecule has 0 atom stereocenters. The average molecular weight is 331 g/mol. The Bertz CT molecular complexity index is 592. The van der Waals surface area contributed by atoms with E-state index < -0.39 is 44.5 Å². The summed E-state index contributed by atoms with van der Waals surface area (Å²) in [6, 6.07) is 0.0398. The average Bonchev–Trinajstić information content (AvgIpc) is 2.73. The zero-order valence-electron chi connectivity index (χ0n) is 10.5. The number of nitrogens with zero attached hydrogens (tertiary/aromatic N) is 1. The molecule has 0 bridgehead atoms. The van der Waals surface area contributed by atoms with Gasteiger partial charge in [0.2, 0.25) is 10.0 Å². The second-order valence-electron chi connectivity index (χ2n) is 4.18. The van der Waals surface area contributed by atoms with Gasteiger partial charge in [0.15, 0.2) is 0 Å². The smallest absolute Gasteiger partial charge is 0.402 e. The monoisotopic (exact) mass is 331 g/mol. The van der Waals surface area contributed by atoms with E-state index in [0.29, 0.717) is 11.3 Å². The van der Waals surface area contributed by atoms with Crippen LogP contribution >= 0.6 is 11.3 Å². The van der Waals surface area contributed by atoms with Gasteiger partial charge in [0.1, 0.15) is 16.3 Å². The van der Waals surface area contributed by atoms with Crippen LogP contribution in [0, 0.1) is 0 Å². The van der Waals surface area contributed by atoms with Crippen molar-refractivity contribution in [2.75, 3.05) is 6.54 Å². The number of sulfonamides is 1. The highest BCUT2D eigenvalue weighted by atomic mass is 32.2. The molecule has 114 valence electrons. The molecule has 20 heavy (non-hydrogen) atoms. The Hall–Kier alpha value is -1.13. The minimum Gasteiger partial charge on any atom is -0.477 e. The third kappa shape index (κ3) is 3.70. The lowest BCUT2D eigenvalue weighted by atomic mass is 10.4. The molecule has 0 fully saturated rings.